The van der Waals surface area contributed by atoms with Crippen LogP contribution in [0.15, 0.2) is 0 Å². The number of hydroxylamine groups is 1. The topological polar surface area (TPSA) is 72.7 Å². The molecular formula is C14H31NO3. The maximum Gasteiger partial charge on any atom is 0.159 e. The lowest BCUT2D eigenvalue weighted by Crippen LogP contribution is -2.22. The summed E-state index contributed by atoms with van der Waals surface area (Å²) >= 11 is 0. The zero-order chi connectivity index (χ0) is 13.7. The van der Waals surface area contributed by atoms with E-state index in [1.54, 1.807) is 0 Å². The van der Waals surface area contributed by atoms with Gasteiger partial charge < -0.3 is 15.4 Å². The molecule has 0 aliphatic rings. The molecule has 0 aromatic heterocycles. The number of unbranched alkanes of at least 4 members (excludes halogenated alkanes) is 9. The van der Waals surface area contributed by atoms with Crippen molar-refractivity contribution < 1.29 is 15.4 Å². The number of rotatable bonds is 13. The van der Waals surface area contributed by atoms with Crippen LogP contribution in [-0.2, 0) is 0 Å². The first kappa shape index (κ1) is 17.8. The van der Waals surface area contributed by atoms with Crippen molar-refractivity contribution in [1.29, 1.82) is 0 Å². The van der Waals surface area contributed by atoms with Gasteiger partial charge in [0.2, 0.25) is 0 Å². The van der Waals surface area contributed by atoms with Crippen molar-refractivity contribution in [3.63, 3.8) is 0 Å². The number of hydrogen-bond acceptors (Lipinski definition) is 4. The largest absolute Gasteiger partial charge is 0.366 e. The van der Waals surface area contributed by atoms with E-state index in [2.05, 4.69) is 5.48 Å². The minimum Gasteiger partial charge on any atom is -0.366 e. The smallest absolute Gasteiger partial charge is 0.159 e. The second-order valence-electron chi connectivity index (χ2n) is 5.41. The van der Waals surface area contributed by atoms with Crippen LogP contribution in [0.25, 0.3) is 0 Å². The zero-order valence-corrected chi connectivity index (χ0v) is 11.8. The molecule has 0 radical (unpaired) electrons. The van der Waals surface area contributed by atoms with Gasteiger partial charge in [-0.3, -0.25) is 0 Å². The minimum atomic E-state index is -1.48. The van der Waals surface area contributed by atoms with Gasteiger partial charge in [0.05, 0.1) is 0 Å². The Bertz CT molecular complexity index is 169. The summed E-state index contributed by atoms with van der Waals surface area (Å²) in [4.78, 5) is 0. The zero-order valence-electron chi connectivity index (χ0n) is 11.8. The third-order valence-corrected chi connectivity index (χ3v) is 3.19. The predicted molar refractivity (Wildman–Crippen MR) is 73.4 cm³/mol. The summed E-state index contributed by atoms with van der Waals surface area (Å²) in [5.41, 5.74) is 2.17. The Morgan fingerprint density at radius 1 is 0.722 bits per heavy atom. The Kier molecular flexibility index (Phi) is 11.8. The van der Waals surface area contributed by atoms with Crippen molar-refractivity contribution in [2.75, 3.05) is 6.54 Å². The maximum atomic E-state index is 9.11. The van der Waals surface area contributed by atoms with Crippen molar-refractivity contribution in [3.05, 3.63) is 0 Å². The average molecular weight is 261 g/mol. The summed E-state index contributed by atoms with van der Waals surface area (Å²) in [5, 5.41) is 26.6. The molecule has 0 saturated carbocycles. The molecule has 0 aromatic carbocycles. The van der Waals surface area contributed by atoms with E-state index in [1.165, 1.54) is 51.9 Å². The van der Waals surface area contributed by atoms with Gasteiger partial charge in [-0.05, 0) is 19.8 Å². The monoisotopic (exact) mass is 261 g/mol. The summed E-state index contributed by atoms with van der Waals surface area (Å²) < 4.78 is 0. The quantitative estimate of drug-likeness (QED) is 0.234. The standard InChI is InChI=1S/C14H31NO3/c1-14(16,17)12-10-8-6-4-2-3-5-7-9-11-13-15-18/h15-18H,2-13H2,1H3. The van der Waals surface area contributed by atoms with Gasteiger partial charge in [0.15, 0.2) is 5.79 Å². The summed E-state index contributed by atoms with van der Waals surface area (Å²) in [6.45, 7) is 2.15. The molecule has 0 fully saturated rings. The van der Waals surface area contributed by atoms with Crippen molar-refractivity contribution in [2.45, 2.75) is 83.3 Å². The Morgan fingerprint density at radius 2 is 1.11 bits per heavy atom. The molecular weight excluding hydrogens is 230 g/mol. The second-order valence-corrected chi connectivity index (χ2v) is 5.41. The lowest BCUT2D eigenvalue weighted by molar-refractivity contribution is -0.150. The van der Waals surface area contributed by atoms with Gasteiger partial charge in [0, 0.05) is 13.0 Å². The minimum absolute atomic E-state index is 0.478. The maximum absolute atomic E-state index is 9.11. The van der Waals surface area contributed by atoms with Crippen LogP contribution in [0.3, 0.4) is 0 Å². The molecule has 0 bridgehead atoms. The van der Waals surface area contributed by atoms with Crippen LogP contribution in [0, 0.1) is 0 Å². The highest BCUT2D eigenvalue weighted by Crippen LogP contribution is 2.14. The number of aliphatic hydroxyl groups is 2. The highest BCUT2D eigenvalue weighted by Gasteiger charge is 2.12. The second kappa shape index (κ2) is 11.9. The Hall–Kier alpha value is -0.160. The van der Waals surface area contributed by atoms with Gasteiger partial charge in [-0.15, -0.1) is 0 Å². The van der Waals surface area contributed by atoms with Gasteiger partial charge in [0.25, 0.3) is 0 Å². The molecule has 4 heteroatoms. The van der Waals surface area contributed by atoms with Crippen LogP contribution in [0.5, 0.6) is 0 Å². The van der Waals surface area contributed by atoms with Gasteiger partial charge >= 0.3 is 0 Å². The fourth-order valence-electron chi connectivity index (χ4n) is 2.08. The lowest BCUT2D eigenvalue weighted by atomic mass is 10.0. The molecule has 4 N–H and O–H groups in total. The molecule has 0 aliphatic carbocycles. The van der Waals surface area contributed by atoms with E-state index < -0.39 is 5.79 Å². The molecule has 110 valence electrons. The van der Waals surface area contributed by atoms with E-state index in [0.29, 0.717) is 13.0 Å². The molecule has 0 aromatic rings. The Balaban J connectivity index is 2.99. The Morgan fingerprint density at radius 3 is 1.50 bits per heavy atom. The van der Waals surface area contributed by atoms with Crippen molar-refractivity contribution in [1.82, 2.24) is 5.48 Å². The van der Waals surface area contributed by atoms with E-state index in [-0.39, 0.29) is 0 Å². The van der Waals surface area contributed by atoms with Crippen LogP contribution in [0.2, 0.25) is 0 Å². The first-order valence-corrected chi connectivity index (χ1v) is 7.38. The molecule has 0 saturated heterocycles. The summed E-state index contributed by atoms with van der Waals surface area (Å²) in [6, 6.07) is 0. The van der Waals surface area contributed by atoms with Crippen molar-refractivity contribution >= 4 is 0 Å². The molecule has 0 rings (SSSR count). The highest BCUT2D eigenvalue weighted by molar-refractivity contribution is 4.56. The molecule has 0 spiro atoms. The van der Waals surface area contributed by atoms with Crippen molar-refractivity contribution in [3.8, 4) is 0 Å². The molecule has 0 aliphatic heterocycles. The predicted octanol–water partition coefficient (Wildman–Crippen LogP) is 2.96. The van der Waals surface area contributed by atoms with E-state index in [0.717, 1.165) is 19.3 Å². The first-order chi connectivity index (χ1) is 8.56. The van der Waals surface area contributed by atoms with Crippen LogP contribution in [0.1, 0.15) is 77.6 Å². The molecule has 0 heterocycles. The Labute approximate surface area is 111 Å². The number of nitrogens with one attached hydrogen (secondary N) is 1. The van der Waals surface area contributed by atoms with Crippen molar-refractivity contribution in [2.24, 2.45) is 0 Å². The van der Waals surface area contributed by atoms with E-state index in [9.17, 15) is 0 Å². The van der Waals surface area contributed by atoms with Crippen LogP contribution < -0.4 is 5.48 Å². The molecule has 0 amide bonds. The fourth-order valence-corrected chi connectivity index (χ4v) is 2.08. The van der Waals surface area contributed by atoms with E-state index in [1.807, 2.05) is 0 Å². The van der Waals surface area contributed by atoms with Crippen LogP contribution in [-0.4, -0.2) is 27.8 Å². The van der Waals surface area contributed by atoms with E-state index >= 15 is 0 Å². The molecule has 18 heavy (non-hydrogen) atoms. The molecule has 0 atom stereocenters. The highest BCUT2D eigenvalue weighted by atomic mass is 16.5. The summed E-state index contributed by atoms with van der Waals surface area (Å²) in [5.74, 6) is -1.48. The first-order valence-electron chi connectivity index (χ1n) is 7.38. The summed E-state index contributed by atoms with van der Waals surface area (Å²) in [6.07, 6.45) is 12.3. The van der Waals surface area contributed by atoms with E-state index in [4.69, 9.17) is 15.4 Å². The van der Waals surface area contributed by atoms with Gasteiger partial charge in [-0.2, -0.15) is 0 Å². The van der Waals surface area contributed by atoms with Crippen LogP contribution >= 0.6 is 0 Å². The molecule has 0 unspecified atom stereocenters. The SMILES string of the molecule is CC(O)(O)CCCCCCCCCCCCNO. The van der Waals surface area contributed by atoms with Crippen LogP contribution in [0.4, 0.5) is 0 Å². The fraction of sp³-hybridized carbons (Fsp3) is 1.00. The molecule has 4 nitrogen and oxygen atoms in total. The van der Waals surface area contributed by atoms with Gasteiger partial charge in [0.1, 0.15) is 0 Å². The normalized spacial score (nSPS) is 12.0. The third-order valence-electron chi connectivity index (χ3n) is 3.19. The third kappa shape index (κ3) is 15.8. The number of hydrogen-bond donors (Lipinski definition) is 4. The van der Waals surface area contributed by atoms with Gasteiger partial charge in [-0.1, -0.05) is 51.4 Å². The average Bonchev–Trinajstić information content (AvgIpc) is 2.29. The van der Waals surface area contributed by atoms with Gasteiger partial charge in [-0.25, -0.2) is 5.48 Å². The summed E-state index contributed by atoms with van der Waals surface area (Å²) in [7, 11) is 0. The lowest BCUT2D eigenvalue weighted by Gasteiger charge is -2.14.